The highest BCUT2D eigenvalue weighted by Gasteiger charge is 2.23. The first kappa shape index (κ1) is 11.6. The van der Waals surface area contributed by atoms with Crippen LogP contribution in [0.25, 0.3) is 0 Å². The molecule has 1 fully saturated rings. The molecule has 0 aromatic heterocycles. The van der Waals surface area contributed by atoms with Gasteiger partial charge in [0.05, 0.1) is 6.54 Å². The highest BCUT2D eigenvalue weighted by atomic mass is 19.1. The summed E-state index contributed by atoms with van der Waals surface area (Å²) in [6.07, 6.45) is 0. The van der Waals surface area contributed by atoms with Crippen molar-refractivity contribution in [1.82, 2.24) is 10.2 Å². The Labute approximate surface area is 98.4 Å². The number of aryl methyl sites for hydroxylation is 1. The van der Waals surface area contributed by atoms with E-state index >= 15 is 0 Å². The number of carbonyl (C=O) groups excluding carboxylic acids is 2. The topological polar surface area (TPSA) is 49.4 Å². The van der Waals surface area contributed by atoms with E-state index in [0.717, 1.165) is 0 Å². The van der Waals surface area contributed by atoms with E-state index in [1.165, 1.54) is 17.0 Å². The van der Waals surface area contributed by atoms with Crippen LogP contribution in [0, 0.1) is 12.7 Å². The molecule has 1 heterocycles. The fourth-order valence-electron chi connectivity index (χ4n) is 1.81. The number of nitrogens with zero attached hydrogens (tertiary/aromatic N) is 1. The minimum atomic E-state index is -0.444. The standard InChI is InChI=1S/C12H13FN2O2/c1-8-2-3-9(13)6-10(8)12(17)15-5-4-14-11(16)7-15/h2-3,6H,4-5,7H2,1H3,(H,14,16). The van der Waals surface area contributed by atoms with Crippen molar-refractivity contribution in [2.45, 2.75) is 6.92 Å². The van der Waals surface area contributed by atoms with E-state index in [2.05, 4.69) is 5.32 Å². The number of benzene rings is 1. The molecule has 1 aromatic rings. The molecule has 0 radical (unpaired) electrons. The maximum atomic E-state index is 13.1. The van der Waals surface area contributed by atoms with E-state index in [1.54, 1.807) is 13.0 Å². The fourth-order valence-corrected chi connectivity index (χ4v) is 1.81. The molecule has 5 heteroatoms. The minimum absolute atomic E-state index is 0.0365. The molecule has 0 spiro atoms. The largest absolute Gasteiger partial charge is 0.353 e. The van der Waals surface area contributed by atoms with Gasteiger partial charge in [-0.2, -0.15) is 0 Å². The van der Waals surface area contributed by atoms with Crippen LogP contribution in [0.1, 0.15) is 15.9 Å². The van der Waals surface area contributed by atoms with Crippen molar-refractivity contribution in [2.75, 3.05) is 19.6 Å². The summed E-state index contributed by atoms with van der Waals surface area (Å²) in [6, 6.07) is 4.09. The third-order valence-electron chi connectivity index (χ3n) is 2.76. The Kier molecular flexibility index (Phi) is 3.08. The van der Waals surface area contributed by atoms with Gasteiger partial charge in [0.2, 0.25) is 5.91 Å². The maximum absolute atomic E-state index is 13.1. The first-order valence-electron chi connectivity index (χ1n) is 5.40. The molecular formula is C12H13FN2O2. The zero-order valence-electron chi connectivity index (χ0n) is 9.50. The molecule has 0 bridgehead atoms. The second-order valence-corrected chi connectivity index (χ2v) is 4.04. The van der Waals surface area contributed by atoms with Crippen molar-refractivity contribution in [1.29, 1.82) is 0 Å². The predicted octanol–water partition coefficient (Wildman–Crippen LogP) is 0.706. The molecule has 2 rings (SSSR count). The van der Waals surface area contributed by atoms with Gasteiger partial charge < -0.3 is 10.2 Å². The summed E-state index contributed by atoms with van der Waals surface area (Å²) in [7, 11) is 0. The molecule has 1 aliphatic heterocycles. The Morgan fingerprint density at radius 2 is 2.24 bits per heavy atom. The Bertz CT molecular complexity index is 474. The monoisotopic (exact) mass is 236 g/mol. The lowest BCUT2D eigenvalue weighted by molar-refractivity contribution is -0.123. The smallest absolute Gasteiger partial charge is 0.254 e. The van der Waals surface area contributed by atoms with Gasteiger partial charge in [0, 0.05) is 18.7 Å². The first-order chi connectivity index (χ1) is 8.08. The van der Waals surface area contributed by atoms with Crippen LogP contribution in [-0.2, 0) is 4.79 Å². The molecule has 0 aliphatic carbocycles. The number of hydrogen-bond acceptors (Lipinski definition) is 2. The van der Waals surface area contributed by atoms with Crippen molar-refractivity contribution in [3.63, 3.8) is 0 Å². The third-order valence-corrected chi connectivity index (χ3v) is 2.76. The summed E-state index contributed by atoms with van der Waals surface area (Å²) < 4.78 is 13.1. The lowest BCUT2D eigenvalue weighted by atomic mass is 10.1. The molecule has 2 amide bonds. The number of rotatable bonds is 1. The molecule has 1 aliphatic rings. The lowest BCUT2D eigenvalue weighted by Gasteiger charge is -2.27. The predicted molar refractivity (Wildman–Crippen MR) is 60.1 cm³/mol. The number of hydrogen-bond donors (Lipinski definition) is 1. The van der Waals surface area contributed by atoms with Crippen LogP contribution in [0.2, 0.25) is 0 Å². The third kappa shape index (κ3) is 2.43. The van der Waals surface area contributed by atoms with Crippen LogP contribution < -0.4 is 5.32 Å². The Morgan fingerprint density at radius 3 is 2.94 bits per heavy atom. The number of halogens is 1. The van der Waals surface area contributed by atoms with Crippen LogP contribution in [0.3, 0.4) is 0 Å². The highest BCUT2D eigenvalue weighted by molar-refractivity contribution is 5.98. The molecule has 90 valence electrons. The van der Waals surface area contributed by atoms with Crippen molar-refractivity contribution >= 4 is 11.8 Å². The summed E-state index contributed by atoms with van der Waals surface area (Å²) >= 11 is 0. The first-order valence-corrected chi connectivity index (χ1v) is 5.40. The van der Waals surface area contributed by atoms with Gasteiger partial charge in [0.15, 0.2) is 0 Å². The molecule has 1 N–H and O–H groups in total. The average Bonchev–Trinajstić information content (AvgIpc) is 2.31. The van der Waals surface area contributed by atoms with Crippen molar-refractivity contribution in [3.05, 3.63) is 35.1 Å². The lowest BCUT2D eigenvalue weighted by Crippen LogP contribution is -2.50. The quantitative estimate of drug-likeness (QED) is 0.780. The summed E-state index contributed by atoms with van der Waals surface area (Å²) in [4.78, 5) is 24.7. The van der Waals surface area contributed by atoms with E-state index in [4.69, 9.17) is 0 Å². The molecule has 0 saturated carbocycles. The molecule has 1 saturated heterocycles. The minimum Gasteiger partial charge on any atom is -0.353 e. The van der Waals surface area contributed by atoms with Gasteiger partial charge in [-0.15, -0.1) is 0 Å². The number of nitrogens with one attached hydrogen (secondary N) is 1. The van der Waals surface area contributed by atoms with E-state index in [-0.39, 0.29) is 18.4 Å². The van der Waals surface area contributed by atoms with Gasteiger partial charge in [-0.25, -0.2) is 4.39 Å². The number of piperazine rings is 1. The fraction of sp³-hybridized carbons (Fsp3) is 0.333. The molecule has 1 aromatic carbocycles. The summed E-state index contributed by atoms with van der Waals surface area (Å²) in [6.45, 7) is 2.69. The van der Waals surface area contributed by atoms with E-state index in [9.17, 15) is 14.0 Å². The zero-order valence-corrected chi connectivity index (χ0v) is 9.50. The average molecular weight is 236 g/mol. The second-order valence-electron chi connectivity index (χ2n) is 4.04. The Balaban J connectivity index is 2.24. The molecule has 17 heavy (non-hydrogen) atoms. The number of carbonyl (C=O) groups is 2. The molecule has 0 unspecified atom stereocenters. The van der Waals surface area contributed by atoms with Crippen molar-refractivity contribution < 1.29 is 14.0 Å². The van der Waals surface area contributed by atoms with Crippen LogP contribution in [-0.4, -0.2) is 36.3 Å². The Morgan fingerprint density at radius 1 is 1.47 bits per heavy atom. The van der Waals surface area contributed by atoms with Crippen molar-refractivity contribution in [2.24, 2.45) is 0 Å². The van der Waals surface area contributed by atoms with Crippen LogP contribution in [0.5, 0.6) is 0 Å². The van der Waals surface area contributed by atoms with Gasteiger partial charge in [0.1, 0.15) is 5.82 Å². The SMILES string of the molecule is Cc1ccc(F)cc1C(=O)N1CCNC(=O)C1. The molecule has 4 nitrogen and oxygen atoms in total. The van der Waals surface area contributed by atoms with Crippen molar-refractivity contribution in [3.8, 4) is 0 Å². The normalized spacial score (nSPS) is 15.6. The summed E-state index contributed by atoms with van der Waals surface area (Å²) in [5.74, 6) is -0.920. The van der Waals surface area contributed by atoms with Gasteiger partial charge in [-0.1, -0.05) is 6.07 Å². The van der Waals surface area contributed by atoms with Gasteiger partial charge in [-0.05, 0) is 24.6 Å². The van der Waals surface area contributed by atoms with Gasteiger partial charge in [0.25, 0.3) is 5.91 Å². The highest BCUT2D eigenvalue weighted by Crippen LogP contribution is 2.13. The second kappa shape index (κ2) is 4.53. The van der Waals surface area contributed by atoms with Crippen LogP contribution in [0.15, 0.2) is 18.2 Å². The van der Waals surface area contributed by atoms with Crippen LogP contribution in [0.4, 0.5) is 4.39 Å². The summed E-state index contributed by atoms with van der Waals surface area (Å²) in [5.41, 5.74) is 1.03. The van der Waals surface area contributed by atoms with E-state index in [1.807, 2.05) is 0 Å². The number of amides is 2. The molecule has 0 atom stereocenters. The van der Waals surface area contributed by atoms with E-state index in [0.29, 0.717) is 24.2 Å². The van der Waals surface area contributed by atoms with Gasteiger partial charge >= 0.3 is 0 Å². The van der Waals surface area contributed by atoms with Crippen LogP contribution >= 0.6 is 0 Å². The van der Waals surface area contributed by atoms with Gasteiger partial charge in [-0.3, -0.25) is 9.59 Å². The molecular weight excluding hydrogens is 223 g/mol. The maximum Gasteiger partial charge on any atom is 0.254 e. The zero-order chi connectivity index (χ0) is 12.4. The summed E-state index contributed by atoms with van der Waals surface area (Å²) in [5, 5.41) is 2.64. The Hall–Kier alpha value is -1.91. The van der Waals surface area contributed by atoms with E-state index < -0.39 is 5.82 Å².